The molecule has 0 amide bonds. The van der Waals surface area contributed by atoms with Crippen LogP contribution >= 0.6 is 23.2 Å². The Morgan fingerprint density at radius 2 is 1.75 bits per heavy atom. The van der Waals surface area contributed by atoms with E-state index in [2.05, 4.69) is 5.10 Å². The van der Waals surface area contributed by atoms with Crippen molar-refractivity contribution < 1.29 is 18.3 Å². The van der Waals surface area contributed by atoms with Crippen LogP contribution in [0.1, 0.15) is 5.56 Å². The average molecular weight is 373 g/mol. The Morgan fingerprint density at radius 3 is 2.42 bits per heavy atom. The lowest BCUT2D eigenvalue weighted by atomic mass is 10.1. The lowest BCUT2D eigenvalue weighted by Gasteiger charge is -2.05. The summed E-state index contributed by atoms with van der Waals surface area (Å²) in [6, 6.07) is 5.29. The third kappa shape index (κ3) is 3.00. The van der Waals surface area contributed by atoms with Gasteiger partial charge in [-0.3, -0.25) is 0 Å². The molecule has 8 heteroatoms. The highest BCUT2D eigenvalue weighted by molar-refractivity contribution is 6.36. The van der Waals surface area contributed by atoms with Gasteiger partial charge >= 0.3 is 0 Å². The molecule has 0 aliphatic heterocycles. The molecule has 1 aromatic heterocycles. The second-order valence-corrected chi connectivity index (χ2v) is 5.76. The zero-order valence-electron chi connectivity index (χ0n) is 11.9. The molecule has 0 bridgehead atoms. The van der Waals surface area contributed by atoms with Crippen molar-refractivity contribution in [3.05, 3.63) is 69.6 Å². The number of benzene rings is 2. The van der Waals surface area contributed by atoms with Gasteiger partial charge < -0.3 is 5.11 Å². The molecule has 2 aromatic carbocycles. The van der Waals surface area contributed by atoms with Crippen LogP contribution in [-0.2, 0) is 6.61 Å². The van der Waals surface area contributed by atoms with Gasteiger partial charge in [-0.25, -0.2) is 17.9 Å². The smallest absolute Gasteiger partial charge is 0.151 e. The lowest BCUT2D eigenvalue weighted by molar-refractivity contribution is 0.282. The van der Waals surface area contributed by atoms with Crippen LogP contribution in [0.5, 0.6) is 0 Å². The molecule has 24 heavy (non-hydrogen) atoms. The maximum atomic E-state index is 13.9. The monoisotopic (exact) mass is 372 g/mol. The van der Waals surface area contributed by atoms with Gasteiger partial charge in [0.25, 0.3) is 0 Å². The molecule has 0 saturated carbocycles. The number of aliphatic hydroxyl groups is 1. The molecular weight excluding hydrogens is 364 g/mol. The Bertz CT molecular complexity index is 928. The fourth-order valence-corrected chi connectivity index (χ4v) is 2.72. The Morgan fingerprint density at radius 1 is 1.00 bits per heavy atom. The fourth-order valence-electron chi connectivity index (χ4n) is 2.25. The first-order valence-corrected chi connectivity index (χ1v) is 7.46. The van der Waals surface area contributed by atoms with Crippen molar-refractivity contribution in [3.63, 3.8) is 0 Å². The van der Waals surface area contributed by atoms with Gasteiger partial charge in [0.15, 0.2) is 5.82 Å². The van der Waals surface area contributed by atoms with E-state index in [4.69, 9.17) is 23.2 Å². The first-order valence-electron chi connectivity index (χ1n) is 6.70. The first kappa shape index (κ1) is 16.8. The third-order valence-corrected chi connectivity index (χ3v) is 3.98. The summed E-state index contributed by atoms with van der Waals surface area (Å²) in [6.07, 6.45) is 1.36. The molecule has 124 valence electrons. The summed E-state index contributed by atoms with van der Waals surface area (Å²) in [5.41, 5.74) is 0.635. The number of hydrogen-bond acceptors (Lipinski definition) is 2. The summed E-state index contributed by atoms with van der Waals surface area (Å²) in [5, 5.41) is 13.6. The molecule has 3 nitrogen and oxygen atoms in total. The average Bonchev–Trinajstić information content (AvgIpc) is 2.94. The normalized spacial score (nSPS) is 11.1. The summed E-state index contributed by atoms with van der Waals surface area (Å²) >= 11 is 11.7. The summed E-state index contributed by atoms with van der Waals surface area (Å²) in [6.45, 7) is -0.432. The van der Waals surface area contributed by atoms with E-state index in [-0.39, 0.29) is 27.0 Å². The van der Waals surface area contributed by atoms with Crippen LogP contribution in [0.2, 0.25) is 10.0 Å². The molecule has 3 rings (SSSR count). The van der Waals surface area contributed by atoms with Crippen LogP contribution in [-0.4, -0.2) is 14.9 Å². The van der Waals surface area contributed by atoms with Crippen LogP contribution in [0.15, 0.2) is 36.5 Å². The van der Waals surface area contributed by atoms with Crippen LogP contribution in [0, 0.1) is 17.5 Å². The number of aromatic nitrogens is 2. The molecule has 0 spiro atoms. The van der Waals surface area contributed by atoms with E-state index >= 15 is 0 Å². The van der Waals surface area contributed by atoms with E-state index in [1.165, 1.54) is 18.3 Å². The maximum Gasteiger partial charge on any atom is 0.151 e. The molecule has 0 radical (unpaired) electrons. The van der Waals surface area contributed by atoms with Gasteiger partial charge in [0, 0.05) is 23.4 Å². The number of halogens is 5. The van der Waals surface area contributed by atoms with Crippen molar-refractivity contribution in [1.29, 1.82) is 0 Å². The van der Waals surface area contributed by atoms with Crippen LogP contribution < -0.4 is 0 Å². The lowest BCUT2D eigenvalue weighted by Crippen LogP contribution is -1.99. The largest absolute Gasteiger partial charge is 0.392 e. The highest BCUT2D eigenvalue weighted by Gasteiger charge is 2.18. The standard InChI is InChI=1S/C16H9Cl2F3N2O/c17-11-5-12(18)13(20)4-10(11)16-8(7-24)6-23(22-16)15-2-1-9(19)3-14(15)21/h1-6,24H,7H2. The van der Waals surface area contributed by atoms with E-state index < -0.39 is 24.1 Å². The van der Waals surface area contributed by atoms with Crippen LogP contribution in [0.3, 0.4) is 0 Å². The van der Waals surface area contributed by atoms with E-state index in [0.717, 1.165) is 16.8 Å². The fraction of sp³-hybridized carbons (Fsp3) is 0.0625. The van der Waals surface area contributed by atoms with Crippen molar-refractivity contribution in [2.45, 2.75) is 6.61 Å². The SMILES string of the molecule is OCc1cn(-c2ccc(F)cc2F)nc1-c1cc(F)c(Cl)cc1Cl. The predicted octanol–water partition coefficient (Wildman–Crippen LogP) is 4.76. The zero-order chi connectivity index (χ0) is 17.4. The molecule has 0 unspecified atom stereocenters. The first-order chi connectivity index (χ1) is 11.4. The van der Waals surface area contributed by atoms with Gasteiger partial charge in [-0.2, -0.15) is 5.10 Å². The molecule has 0 aliphatic rings. The van der Waals surface area contributed by atoms with Gasteiger partial charge in [-0.05, 0) is 24.3 Å². The second-order valence-electron chi connectivity index (χ2n) is 4.95. The number of aliphatic hydroxyl groups excluding tert-OH is 1. The van der Waals surface area contributed by atoms with Gasteiger partial charge in [0.05, 0.1) is 22.3 Å². The third-order valence-electron chi connectivity index (χ3n) is 3.38. The second kappa shape index (κ2) is 6.47. The highest BCUT2D eigenvalue weighted by atomic mass is 35.5. The summed E-state index contributed by atoms with van der Waals surface area (Å²) in [4.78, 5) is 0. The molecule has 0 aliphatic carbocycles. The Hall–Kier alpha value is -2.02. The number of nitrogens with zero attached hydrogens (tertiary/aromatic N) is 2. The molecule has 0 atom stereocenters. The molecule has 0 saturated heterocycles. The molecule has 0 fully saturated rings. The van der Waals surface area contributed by atoms with Crippen LogP contribution in [0.4, 0.5) is 13.2 Å². The maximum absolute atomic E-state index is 13.9. The van der Waals surface area contributed by atoms with Crippen molar-refractivity contribution in [3.8, 4) is 16.9 Å². The topological polar surface area (TPSA) is 38.0 Å². The number of hydrogen-bond donors (Lipinski definition) is 1. The zero-order valence-corrected chi connectivity index (χ0v) is 13.4. The minimum atomic E-state index is -0.832. The van der Waals surface area contributed by atoms with E-state index in [0.29, 0.717) is 11.6 Å². The van der Waals surface area contributed by atoms with Crippen molar-refractivity contribution in [2.24, 2.45) is 0 Å². The highest BCUT2D eigenvalue weighted by Crippen LogP contribution is 2.34. The van der Waals surface area contributed by atoms with Crippen molar-refractivity contribution in [1.82, 2.24) is 9.78 Å². The Labute approximate surface area is 144 Å². The quantitative estimate of drug-likeness (QED) is 0.673. The predicted molar refractivity (Wildman–Crippen MR) is 84.8 cm³/mol. The van der Waals surface area contributed by atoms with Crippen LogP contribution in [0.25, 0.3) is 16.9 Å². The summed E-state index contributed by atoms with van der Waals surface area (Å²) in [7, 11) is 0. The van der Waals surface area contributed by atoms with E-state index in [9.17, 15) is 18.3 Å². The summed E-state index contributed by atoms with van der Waals surface area (Å²) in [5.74, 6) is -2.27. The Kier molecular flexibility index (Phi) is 4.54. The van der Waals surface area contributed by atoms with Crippen molar-refractivity contribution >= 4 is 23.2 Å². The van der Waals surface area contributed by atoms with Gasteiger partial charge in [-0.1, -0.05) is 23.2 Å². The van der Waals surface area contributed by atoms with Gasteiger partial charge in [-0.15, -0.1) is 0 Å². The Balaban J connectivity index is 2.17. The number of rotatable bonds is 3. The minimum absolute atomic E-state index is 0.0251. The summed E-state index contributed by atoms with van der Waals surface area (Å²) < 4.78 is 41.8. The van der Waals surface area contributed by atoms with Gasteiger partial charge in [0.1, 0.15) is 17.3 Å². The van der Waals surface area contributed by atoms with Crippen molar-refractivity contribution in [2.75, 3.05) is 0 Å². The van der Waals surface area contributed by atoms with Gasteiger partial charge in [0.2, 0.25) is 0 Å². The molecule has 1 heterocycles. The molecule has 1 N–H and O–H groups in total. The molecule has 3 aromatic rings. The minimum Gasteiger partial charge on any atom is -0.392 e. The molecular formula is C16H9Cl2F3N2O. The van der Waals surface area contributed by atoms with E-state index in [1.807, 2.05) is 0 Å². The van der Waals surface area contributed by atoms with E-state index in [1.54, 1.807) is 0 Å².